The van der Waals surface area contributed by atoms with Gasteiger partial charge in [0.25, 0.3) is 0 Å². The molecule has 1 aliphatic heterocycles. The molecule has 2 heterocycles. The lowest BCUT2D eigenvalue weighted by Gasteiger charge is -2.34. The van der Waals surface area contributed by atoms with Crippen LogP contribution in [0.3, 0.4) is 0 Å². The zero-order chi connectivity index (χ0) is 13.0. The Labute approximate surface area is 106 Å². The van der Waals surface area contributed by atoms with Gasteiger partial charge in [-0.1, -0.05) is 0 Å². The van der Waals surface area contributed by atoms with Gasteiger partial charge in [0.15, 0.2) is 0 Å². The average Bonchev–Trinajstić information content (AvgIpc) is 2.89. The first-order valence-corrected chi connectivity index (χ1v) is 6.14. The molecule has 1 aliphatic rings. The molecule has 0 radical (unpaired) electrons. The van der Waals surface area contributed by atoms with E-state index in [4.69, 9.17) is 10.5 Å². The summed E-state index contributed by atoms with van der Waals surface area (Å²) >= 11 is 0. The van der Waals surface area contributed by atoms with E-state index in [0.717, 1.165) is 0 Å². The molecule has 0 aromatic carbocycles. The van der Waals surface area contributed by atoms with Crippen molar-refractivity contribution in [2.24, 2.45) is 5.73 Å². The maximum Gasteiger partial charge on any atom is 0.224 e. The summed E-state index contributed by atoms with van der Waals surface area (Å²) in [5, 5.41) is 3.97. The van der Waals surface area contributed by atoms with Gasteiger partial charge in [0.2, 0.25) is 5.91 Å². The second-order valence-electron chi connectivity index (χ2n) is 4.52. The fourth-order valence-electron chi connectivity index (χ4n) is 1.94. The average molecular weight is 253 g/mol. The Morgan fingerprint density at radius 1 is 1.67 bits per heavy atom. The highest BCUT2D eigenvalue weighted by Crippen LogP contribution is 2.09. The zero-order valence-corrected chi connectivity index (χ0v) is 10.5. The number of nitrogens with two attached hydrogens (primary N) is 1. The van der Waals surface area contributed by atoms with Crippen LogP contribution >= 0.6 is 0 Å². The molecular weight excluding hydrogens is 234 g/mol. The molecule has 2 atom stereocenters. The topological polar surface area (TPSA) is 86.3 Å². The summed E-state index contributed by atoms with van der Waals surface area (Å²) in [6.07, 6.45) is 3.44. The Morgan fingerprint density at radius 2 is 2.50 bits per heavy atom. The fraction of sp³-hybridized carbons (Fsp3) is 0.727. The third-order valence-corrected chi connectivity index (χ3v) is 3.05. The quantitative estimate of drug-likeness (QED) is 0.762. The predicted molar refractivity (Wildman–Crippen MR) is 64.6 cm³/mol. The lowest BCUT2D eigenvalue weighted by molar-refractivity contribution is -0.139. The molecule has 1 amide bonds. The maximum atomic E-state index is 12.0. The van der Waals surface area contributed by atoms with E-state index < -0.39 is 0 Å². The molecule has 7 heteroatoms. The summed E-state index contributed by atoms with van der Waals surface area (Å²) < 4.78 is 7.18. The molecule has 18 heavy (non-hydrogen) atoms. The Kier molecular flexibility index (Phi) is 4.27. The number of hydrogen-bond acceptors (Lipinski definition) is 5. The molecular formula is C11H19N5O2. The van der Waals surface area contributed by atoms with Crippen LogP contribution < -0.4 is 5.73 Å². The number of nitrogens with zero attached hydrogens (tertiary/aromatic N) is 4. The highest BCUT2D eigenvalue weighted by Gasteiger charge is 2.26. The molecule has 0 spiro atoms. The van der Waals surface area contributed by atoms with Gasteiger partial charge in [0.1, 0.15) is 12.7 Å². The van der Waals surface area contributed by atoms with Gasteiger partial charge in [0.05, 0.1) is 19.3 Å². The summed E-state index contributed by atoms with van der Waals surface area (Å²) in [5.74, 6) is 0.111. The number of aromatic nitrogens is 3. The molecule has 0 aliphatic carbocycles. The number of aryl methyl sites for hydroxylation is 1. The van der Waals surface area contributed by atoms with Crippen LogP contribution in [0.1, 0.15) is 13.3 Å². The highest BCUT2D eigenvalue weighted by atomic mass is 16.5. The van der Waals surface area contributed by atoms with Crippen molar-refractivity contribution in [1.29, 1.82) is 0 Å². The SMILES string of the molecule is CC(N)C1CN(C(=O)CCn2cncn2)CCO1. The fourth-order valence-corrected chi connectivity index (χ4v) is 1.94. The molecule has 7 nitrogen and oxygen atoms in total. The highest BCUT2D eigenvalue weighted by molar-refractivity contribution is 5.76. The van der Waals surface area contributed by atoms with E-state index in [9.17, 15) is 4.79 Å². The number of ether oxygens (including phenoxy) is 1. The minimum Gasteiger partial charge on any atom is -0.373 e. The Balaban J connectivity index is 1.81. The number of rotatable bonds is 4. The van der Waals surface area contributed by atoms with Crippen molar-refractivity contribution in [1.82, 2.24) is 19.7 Å². The molecule has 1 fully saturated rings. The van der Waals surface area contributed by atoms with Crippen LogP contribution in [0.4, 0.5) is 0 Å². The number of carbonyl (C=O) groups excluding carboxylic acids is 1. The van der Waals surface area contributed by atoms with Crippen molar-refractivity contribution in [3.8, 4) is 0 Å². The van der Waals surface area contributed by atoms with Gasteiger partial charge in [-0.2, -0.15) is 5.10 Å². The van der Waals surface area contributed by atoms with Gasteiger partial charge in [-0.05, 0) is 6.92 Å². The standard InChI is InChI=1S/C11H19N5O2/c1-9(12)10-6-15(4-5-18-10)11(17)2-3-16-8-13-7-14-16/h7-10H,2-6,12H2,1H3. The number of carbonyl (C=O) groups is 1. The van der Waals surface area contributed by atoms with Crippen molar-refractivity contribution in [3.63, 3.8) is 0 Å². The van der Waals surface area contributed by atoms with Gasteiger partial charge in [-0.3, -0.25) is 9.48 Å². The van der Waals surface area contributed by atoms with Gasteiger partial charge in [-0.25, -0.2) is 4.98 Å². The summed E-state index contributed by atoms with van der Waals surface area (Å²) in [5.41, 5.74) is 5.80. The van der Waals surface area contributed by atoms with Gasteiger partial charge in [0, 0.05) is 25.6 Å². The van der Waals surface area contributed by atoms with E-state index in [1.807, 2.05) is 11.8 Å². The molecule has 1 saturated heterocycles. The lowest BCUT2D eigenvalue weighted by Crippen LogP contribution is -2.51. The van der Waals surface area contributed by atoms with Crippen LogP contribution in [-0.2, 0) is 16.1 Å². The number of morpholine rings is 1. The van der Waals surface area contributed by atoms with Crippen LogP contribution in [0.5, 0.6) is 0 Å². The minimum atomic E-state index is -0.0610. The van der Waals surface area contributed by atoms with E-state index in [2.05, 4.69) is 10.1 Å². The van der Waals surface area contributed by atoms with Crippen molar-refractivity contribution < 1.29 is 9.53 Å². The molecule has 0 saturated carbocycles. The molecule has 2 N–H and O–H groups in total. The molecule has 2 rings (SSSR count). The van der Waals surface area contributed by atoms with Crippen molar-refractivity contribution in [2.75, 3.05) is 19.7 Å². The smallest absolute Gasteiger partial charge is 0.224 e. The first kappa shape index (κ1) is 13.0. The first-order valence-electron chi connectivity index (χ1n) is 6.14. The van der Waals surface area contributed by atoms with E-state index in [0.29, 0.717) is 32.7 Å². The van der Waals surface area contributed by atoms with Crippen LogP contribution in [-0.4, -0.2) is 57.4 Å². The van der Waals surface area contributed by atoms with Crippen molar-refractivity contribution in [3.05, 3.63) is 12.7 Å². The maximum absolute atomic E-state index is 12.0. The third-order valence-electron chi connectivity index (χ3n) is 3.05. The second kappa shape index (κ2) is 5.92. The monoisotopic (exact) mass is 253 g/mol. The van der Waals surface area contributed by atoms with Crippen molar-refractivity contribution in [2.45, 2.75) is 32.0 Å². The Hall–Kier alpha value is -1.47. The molecule has 100 valence electrons. The Bertz CT molecular complexity index is 379. The molecule has 1 aromatic rings. The summed E-state index contributed by atoms with van der Waals surface area (Å²) in [7, 11) is 0. The molecule has 0 bridgehead atoms. The molecule has 1 aromatic heterocycles. The first-order chi connectivity index (χ1) is 8.66. The third kappa shape index (κ3) is 3.27. The largest absolute Gasteiger partial charge is 0.373 e. The predicted octanol–water partition coefficient (Wildman–Crippen LogP) is -0.757. The molecule has 2 unspecified atom stereocenters. The van der Waals surface area contributed by atoms with Crippen LogP contribution in [0.25, 0.3) is 0 Å². The van der Waals surface area contributed by atoms with Gasteiger partial charge < -0.3 is 15.4 Å². The van der Waals surface area contributed by atoms with Crippen LogP contribution in [0.2, 0.25) is 0 Å². The van der Waals surface area contributed by atoms with Gasteiger partial charge in [-0.15, -0.1) is 0 Å². The Morgan fingerprint density at radius 3 is 3.17 bits per heavy atom. The number of hydrogen-bond donors (Lipinski definition) is 1. The minimum absolute atomic E-state index is 0.0593. The summed E-state index contributed by atoms with van der Waals surface area (Å²) in [6, 6.07) is -0.0593. The normalized spacial score (nSPS) is 21.9. The van der Waals surface area contributed by atoms with Gasteiger partial charge >= 0.3 is 0 Å². The van der Waals surface area contributed by atoms with E-state index in [1.165, 1.54) is 6.33 Å². The van der Waals surface area contributed by atoms with E-state index in [1.54, 1.807) is 11.0 Å². The number of amides is 1. The van der Waals surface area contributed by atoms with Crippen LogP contribution in [0, 0.1) is 0 Å². The van der Waals surface area contributed by atoms with Crippen molar-refractivity contribution >= 4 is 5.91 Å². The van der Waals surface area contributed by atoms with Crippen LogP contribution in [0.15, 0.2) is 12.7 Å². The second-order valence-corrected chi connectivity index (χ2v) is 4.52. The summed E-state index contributed by atoms with van der Waals surface area (Å²) in [6.45, 7) is 4.22. The van der Waals surface area contributed by atoms with E-state index >= 15 is 0 Å². The van der Waals surface area contributed by atoms with E-state index in [-0.39, 0.29) is 18.1 Å². The summed E-state index contributed by atoms with van der Waals surface area (Å²) in [4.78, 5) is 17.7. The lowest BCUT2D eigenvalue weighted by atomic mass is 10.1. The zero-order valence-electron chi connectivity index (χ0n) is 10.5.